The lowest BCUT2D eigenvalue weighted by atomic mass is 10.2. The third kappa shape index (κ3) is 5.03. The van der Waals surface area contributed by atoms with E-state index in [2.05, 4.69) is 4.72 Å². The van der Waals surface area contributed by atoms with Crippen molar-refractivity contribution >= 4 is 19.9 Å². The van der Waals surface area contributed by atoms with Crippen molar-refractivity contribution in [2.24, 2.45) is 0 Å². The standard InChI is InChI=1S/C12H18FNO5S2/c1-3-4-9(15)8-14-21(18,19)12-7-10(20(2,16)17)5-6-11(12)13/h5-7,9,14-15H,3-4,8H2,1-2H3. The molecule has 0 fully saturated rings. The maximum absolute atomic E-state index is 13.6. The number of sulfonamides is 1. The van der Waals surface area contributed by atoms with Gasteiger partial charge in [-0.25, -0.2) is 25.9 Å². The van der Waals surface area contributed by atoms with Crippen LogP contribution in [0.1, 0.15) is 19.8 Å². The molecule has 0 amide bonds. The van der Waals surface area contributed by atoms with E-state index in [1.807, 2.05) is 6.92 Å². The summed E-state index contributed by atoms with van der Waals surface area (Å²) in [5.41, 5.74) is 0. The summed E-state index contributed by atoms with van der Waals surface area (Å²) >= 11 is 0. The highest BCUT2D eigenvalue weighted by molar-refractivity contribution is 7.91. The largest absolute Gasteiger partial charge is 0.392 e. The Balaban J connectivity index is 3.08. The van der Waals surface area contributed by atoms with E-state index in [9.17, 15) is 26.3 Å². The van der Waals surface area contributed by atoms with Gasteiger partial charge in [-0.2, -0.15) is 0 Å². The molecule has 1 atom stereocenters. The number of nitrogens with one attached hydrogen (secondary N) is 1. The van der Waals surface area contributed by atoms with E-state index in [1.54, 1.807) is 0 Å². The molecule has 0 radical (unpaired) electrons. The minimum atomic E-state index is -4.24. The quantitative estimate of drug-likeness (QED) is 0.711. The second-order valence-electron chi connectivity index (χ2n) is 4.66. The van der Waals surface area contributed by atoms with Gasteiger partial charge >= 0.3 is 0 Å². The Labute approximate surface area is 124 Å². The maximum atomic E-state index is 13.6. The van der Waals surface area contributed by atoms with Crippen molar-refractivity contribution in [1.82, 2.24) is 4.72 Å². The van der Waals surface area contributed by atoms with Gasteiger partial charge in [0.1, 0.15) is 10.7 Å². The van der Waals surface area contributed by atoms with Crippen LogP contribution in [0.2, 0.25) is 0 Å². The van der Waals surface area contributed by atoms with Gasteiger partial charge in [0, 0.05) is 12.8 Å². The first-order chi connectivity index (χ1) is 9.58. The lowest BCUT2D eigenvalue weighted by Crippen LogP contribution is -2.32. The molecule has 21 heavy (non-hydrogen) atoms. The molecule has 0 spiro atoms. The van der Waals surface area contributed by atoms with E-state index in [0.717, 1.165) is 24.5 Å². The maximum Gasteiger partial charge on any atom is 0.243 e. The van der Waals surface area contributed by atoms with Crippen LogP contribution in [-0.4, -0.2) is 40.8 Å². The highest BCUT2D eigenvalue weighted by Gasteiger charge is 2.22. The van der Waals surface area contributed by atoms with Crippen molar-refractivity contribution in [2.75, 3.05) is 12.8 Å². The molecule has 1 rings (SSSR count). The average Bonchev–Trinajstić information content (AvgIpc) is 2.36. The van der Waals surface area contributed by atoms with Gasteiger partial charge in [-0.05, 0) is 24.6 Å². The number of benzene rings is 1. The first-order valence-corrected chi connectivity index (χ1v) is 9.62. The van der Waals surface area contributed by atoms with Crippen LogP contribution in [0.4, 0.5) is 4.39 Å². The molecule has 0 aromatic heterocycles. The average molecular weight is 339 g/mol. The highest BCUT2D eigenvalue weighted by atomic mass is 32.2. The van der Waals surface area contributed by atoms with Gasteiger partial charge in [0.15, 0.2) is 9.84 Å². The zero-order valence-electron chi connectivity index (χ0n) is 11.7. The lowest BCUT2D eigenvalue weighted by Gasteiger charge is -2.12. The van der Waals surface area contributed by atoms with E-state index in [1.165, 1.54) is 0 Å². The van der Waals surface area contributed by atoms with E-state index in [0.29, 0.717) is 12.8 Å². The Morgan fingerprint density at radius 1 is 1.29 bits per heavy atom. The van der Waals surface area contributed by atoms with E-state index >= 15 is 0 Å². The third-order valence-corrected chi connectivity index (χ3v) is 5.30. The van der Waals surface area contributed by atoms with Gasteiger partial charge in [0.25, 0.3) is 0 Å². The Bertz CT molecular complexity index is 700. The molecular weight excluding hydrogens is 321 g/mol. The molecule has 0 bridgehead atoms. The van der Waals surface area contributed by atoms with Crippen LogP contribution in [-0.2, 0) is 19.9 Å². The smallest absolute Gasteiger partial charge is 0.243 e. The fourth-order valence-electron chi connectivity index (χ4n) is 1.64. The summed E-state index contributed by atoms with van der Waals surface area (Å²) in [6.45, 7) is 1.56. The molecule has 0 aliphatic carbocycles. The zero-order chi connectivity index (χ0) is 16.3. The summed E-state index contributed by atoms with van der Waals surface area (Å²) < 4.78 is 62.5. The molecule has 0 saturated heterocycles. The van der Waals surface area contributed by atoms with Crippen molar-refractivity contribution in [3.63, 3.8) is 0 Å². The number of aliphatic hydroxyl groups is 1. The first-order valence-electron chi connectivity index (χ1n) is 6.25. The lowest BCUT2D eigenvalue weighted by molar-refractivity contribution is 0.167. The first kappa shape index (κ1) is 18.0. The molecular formula is C12H18FNO5S2. The number of halogens is 1. The van der Waals surface area contributed by atoms with Gasteiger partial charge in [-0.3, -0.25) is 0 Å². The summed E-state index contributed by atoms with van der Waals surface area (Å²) in [6.07, 6.45) is 1.08. The monoisotopic (exact) mass is 339 g/mol. The number of rotatable bonds is 7. The fraction of sp³-hybridized carbons (Fsp3) is 0.500. The Morgan fingerprint density at radius 2 is 1.90 bits per heavy atom. The van der Waals surface area contributed by atoms with E-state index in [4.69, 9.17) is 0 Å². The summed E-state index contributed by atoms with van der Waals surface area (Å²) in [7, 11) is -7.89. The summed E-state index contributed by atoms with van der Waals surface area (Å²) in [5, 5.41) is 9.50. The summed E-state index contributed by atoms with van der Waals surface area (Å²) in [6, 6.07) is 2.54. The summed E-state index contributed by atoms with van der Waals surface area (Å²) in [5.74, 6) is -1.06. The second kappa shape index (κ2) is 6.82. The van der Waals surface area contributed by atoms with Crippen LogP contribution in [0, 0.1) is 5.82 Å². The molecule has 0 aliphatic heterocycles. The highest BCUT2D eigenvalue weighted by Crippen LogP contribution is 2.19. The van der Waals surface area contributed by atoms with Crippen LogP contribution in [0.3, 0.4) is 0 Å². The number of sulfone groups is 1. The minimum Gasteiger partial charge on any atom is -0.392 e. The van der Waals surface area contributed by atoms with Gasteiger partial charge in [-0.1, -0.05) is 13.3 Å². The topological polar surface area (TPSA) is 101 Å². The normalized spacial score (nSPS) is 14.1. The Morgan fingerprint density at radius 3 is 2.43 bits per heavy atom. The number of hydrogen-bond donors (Lipinski definition) is 2. The van der Waals surface area contributed by atoms with E-state index < -0.39 is 36.7 Å². The van der Waals surface area contributed by atoms with Gasteiger partial charge in [0.05, 0.1) is 11.0 Å². The molecule has 0 heterocycles. The van der Waals surface area contributed by atoms with Crippen LogP contribution in [0.5, 0.6) is 0 Å². The van der Waals surface area contributed by atoms with Crippen molar-refractivity contribution in [1.29, 1.82) is 0 Å². The van der Waals surface area contributed by atoms with E-state index in [-0.39, 0.29) is 11.4 Å². The zero-order valence-corrected chi connectivity index (χ0v) is 13.3. The molecule has 1 aromatic carbocycles. The predicted molar refractivity (Wildman–Crippen MR) is 75.6 cm³/mol. The molecule has 6 nitrogen and oxygen atoms in total. The molecule has 1 unspecified atom stereocenters. The second-order valence-corrected chi connectivity index (χ2v) is 8.41. The van der Waals surface area contributed by atoms with Crippen molar-refractivity contribution in [2.45, 2.75) is 35.7 Å². The van der Waals surface area contributed by atoms with Crippen LogP contribution in [0.15, 0.2) is 28.0 Å². The number of hydrogen-bond acceptors (Lipinski definition) is 5. The van der Waals surface area contributed by atoms with Crippen molar-refractivity contribution in [3.05, 3.63) is 24.0 Å². The van der Waals surface area contributed by atoms with Crippen molar-refractivity contribution < 1.29 is 26.3 Å². The molecule has 1 aromatic rings. The molecule has 9 heteroatoms. The number of aliphatic hydroxyl groups excluding tert-OH is 1. The fourth-order valence-corrected chi connectivity index (χ4v) is 3.54. The molecule has 120 valence electrons. The van der Waals surface area contributed by atoms with Gasteiger partial charge in [-0.15, -0.1) is 0 Å². The minimum absolute atomic E-state index is 0.265. The van der Waals surface area contributed by atoms with Crippen molar-refractivity contribution in [3.8, 4) is 0 Å². The molecule has 0 saturated carbocycles. The Hall–Kier alpha value is -1.03. The van der Waals surface area contributed by atoms with Crippen LogP contribution >= 0.6 is 0 Å². The van der Waals surface area contributed by atoms with Crippen LogP contribution < -0.4 is 4.72 Å². The Kier molecular flexibility index (Phi) is 5.85. The van der Waals surface area contributed by atoms with Gasteiger partial charge in [0.2, 0.25) is 10.0 Å². The van der Waals surface area contributed by atoms with Crippen LogP contribution in [0.25, 0.3) is 0 Å². The van der Waals surface area contributed by atoms with Gasteiger partial charge < -0.3 is 5.11 Å². The molecule has 2 N–H and O–H groups in total. The predicted octanol–water partition coefficient (Wildman–Crippen LogP) is 0.668. The molecule has 0 aliphatic rings. The third-order valence-electron chi connectivity index (χ3n) is 2.75. The SMILES string of the molecule is CCCC(O)CNS(=O)(=O)c1cc(S(C)(=O)=O)ccc1F. The summed E-state index contributed by atoms with van der Waals surface area (Å²) in [4.78, 5) is -1.05.